The van der Waals surface area contributed by atoms with Crippen LogP contribution < -0.4 is 10.1 Å². The highest BCUT2D eigenvalue weighted by molar-refractivity contribution is 5.90. The van der Waals surface area contributed by atoms with Gasteiger partial charge in [-0.1, -0.05) is 42.5 Å². The first-order chi connectivity index (χ1) is 13.4. The minimum Gasteiger partial charge on any atom is -0.480 e. The molecule has 0 saturated heterocycles. The van der Waals surface area contributed by atoms with Gasteiger partial charge in [-0.05, 0) is 61.7 Å². The summed E-state index contributed by atoms with van der Waals surface area (Å²) in [5, 5.41) is 3.63. The zero-order valence-electron chi connectivity index (χ0n) is 16.2. The van der Waals surface area contributed by atoms with Gasteiger partial charge in [0.1, 0.15) is 11.6 Å². The molecule has 0 saturated carbocycles. The van der Waals surface area contributed by atoms with E-state index in [1.807, 2.05) is 30.3 Å². The fraction of sp³-hybridized carbons (Fsp3) is 0.200. The van der Waals surface area contributed by atoms with E-state index in [4.69, 9.17) is 4.74 Å². The van der Waals surface area contributed by atoms with E-state index >= 15 is 0 Å². The number of nitrogens with one attached hydrogen (secondary N) is 1. The van der Waals surface area contributed by atoms with E-state index in [0.29, 0.717) is 0 Å². The Bertz CT molecular complexity index is 1110. The van der Waals surface area contributed by atoms with Crippen LogP contribution in [0.2, 0.25) is 0 Å². The smallest absolute Gasteiger partial charge is 0.150 e. The van der Waals surface area contributed by atoms with Crippen molar-refractivity contribution in [2.45, 2.75) is 32.4 Å². The molecular formula is C25H22FNO. The van der Waals surface area contributed by atoms with Crippen LogP contribution in [0.25, 0.3) is 16.7 Å². The molecule has 2 aliphatic rings. The van der Waals surface area contributed by atoms with Gasteiger partial charge in [-0.2, -0.15) is 0 Å². The highest BCUT2D eigenvalue weighted by Gasteiger charge is 2.34. The third kappa shape index (κ3) is 2.62. The molecule has 0 unspecified atom stereocenters. The van der Waals surface area contributed by atoms with E-state index in [2.05, 4.69) is 50.4 Å². The van der Waals surface area contributed by atoms with E-state index in [1.165, 1.54) is 28.8 Å². The fourth-order valence-corrected chi connectivity index (χ4v) is 4.50. The summed E-state index contributed by atoms with van der Waals surface area (Å²) in [6.45, 7) is 6.49. The largest absolute Gasteiger partial charge is 0.480 e. The molecule has 0 spiro atoms. The number of benzene rings is 3. The average Bonchev–Trinajstić information content (AvgIpc) is 2.66. The van der Waals surface area contributed by atoms with Crippen molar-refractivity contribution in [1.29, 1.82) is 0 Å². The number of hydrogen-bond acceptors (Lipinski definition) is 2. The first-order valence-electron chi connectivity index (χ1n) is 9.59. The Kier molecular flexibility index (Phi) is 3.63. The predicted molar refractivity (Wildman–Crippen MR) is 112 cm³/mol. The topological polar surface area (TPSA) is 21.3 Å². The van der Waals surface area contributed by atoms with E-state index in [-0.39, 0.29) is 17.5 Å². The van der Waals surface area contributed by atoms with Crippen molar-refractivity contribution in [3.05, 3.63) is 89.2 Å². The molecule has 5 rings (SSSR count). The lowest BCUT2D eigenvalue weighted by Crippen LogP contribution is -2.32. The Hall–Kier alpha value is -3.07. The minimum absolute atomic E-state index is 0.107. The van der Waals surface area contributed by atoms with Crippen molar-refractivity contribution in [3.8, 4) is 16.9 Å². The number of fused-ring (bicyclic) bond motifs is 5. The van der Waals surface area contributed by atoms with Crippen LogP contribution in [0.15, 0.2) is 66.7 Å². The third-order valence-electron chi connectivity index (χ3n) is 5.53. The standard InChI is InChI=1S/C25H22FNO/c1-15-14-25(2,3)27-20-13-12-19-18-6-4-5-7-21(18)28-24(23(19)22(15)20)16-8-10-17(26)11-9-16/h4-14,24,27H,1-3H3/t24-/m1/s1. The number of hydrogen-bond donors (Lipinski definition) is 1. The summed E-state index contributed by atoms with van der Waals surface area (Å²) in [5.74, 6) is 0.616. The first-order valence-corrected chi connectivity index (χ1v) is 9.59. The van der Waals surface area contributed by atoms with Crippen molar-refractivity contribution in [1.82, 2.24) is 0 Å². The third-order valence-corrected chi connectivity index (χ3v) is 5.53. The molecule has 3 aromatic carbocycles. The SMILES string of the molecule is CC1=CC(C)(C)Nc2ccc3c(c21)[C@@H](c1ccc(F)cc1)Oc1ccccc1-3. The van der Waals surface area contributed by atoms with E-state index < -0.39 is 0 Å². The summed E-state index contributed by atoms with van der Waals surface area (Å²) >= 11 is 0. The number of halogens is 1. The van der Waals surface area contributed by atoms with Crippen LogP contribution >= 0.6 is 0 Å². The van der Waals surface area contributed by atoms with Gasteiger partial charge in [-0.15, -0.1) is 0 Å². The summed E-state index contributed by atoms with van der Waals surface area (Å²) in [7, 11) is 0. The summed E-state index contributed by atoms with van der Waals surface area (Å²) in [6.07, 6.45) is 1.98. The lowest BCUT2D eigenvalue weighted by atomic mass is 9.80. The molecular weight excluding hydrogens is 349 g/mol. The van der Waals surface area contributed by atoms with Gasteiger partial charge >= 0.3 is 0 Å². The van der Waals surface area contributed by atoms with Crippen molar-refractivity contribution >= 4 is 11.3 Å². The number of anilines is 1. The quantitative estimate of drug-likeness (QED) is 0.521. The molecule has 3 heteroatoms. The van der Waals surface area contributed by atoms with Gasteiger partial charge in [0, 0.05) is 22.4 Å². The van der Waals surface area contributed by atoms with Crippen LogP contribution in [0.3, 0.4) is 0 Å². The first kappa shape index (κ1) is 17.1. The molecule has 0 aliphatic carbocycles. The van der Waals surface area contributed by atoms with E-state index in [9.17, 15) is 4.39 Å². The van der Waals surface area contributed by atoms with E-state index in [0.717, 1.165) is 28.1 Å². The van der Waals surface area contributed by atoms with Crippen molar-refractivity contribution in [3.63, 3.8) is 0 Å². The number of ether oxygens (including phenoxy) is 1. The van der Waals surface area contributed by atoms with Gasteiger partial charge in [0.15, 0.2) is 6.10 Å². The molecule has 0 bridgehead atoms. The molecule has 1 N–H and O–H groups in total. The van der Waals surface area contributed by atoms with Crippen LogP contribution in [0.5, 0.6) is 5.75 Å². The summed E-state index contributed by atoms with van der Waals surface area (Å²) in [6, 6.07) is 19.1. The van der Waals surface area contributed by atoms with Gasteiger partial charge in [0.05, 0.1) is 5.54 Å². The Balaban J connectivity index is 1.80. The van der Waals surface area contributed by atoms with Crippen LogP contribution in [-0.4, -0.2) is 5.54 Å². The summed E-state index contributed by atoms with van der Waals surface area (Å²) < 4.78 is 20.0. The minimum atomic E-state index is -0.285. The van der Waals surface area contributed by atoms with Crippen molar-refractivity contribution < 1.29 is 9.13 Å². The van der Waals surface area contributed by atoms with Gasteiger partial charge < -0.3 is 10.1 Å². The Morgan fingerprint density at radius 2 is 1.68 bits per heavy atom. The maximum atomic E-state index is 13.5. The predicted octanol–water partition coefficient (Wildman–Crippen LogP) is 6.58. The van der Waals surface area contributed by atoms with Crippen molar-refractivity contribution in [2.24, 2.45) is 0 Å². The zero-order valence-corrected chi connectivity index (χ0v) is 16.2. The molecule has 1 atom stereocenters. The van der Waals surface area contributed by atoms with Crippen LogP contribution in [0, 0.1) is 5.82 Å². The average molecular weight is 371 g/mol. The molecule has 2 heterocycles. The zero-order chi connectivity index (χ0) is 19.5. The Labute approximate surface area is 164 Å². The maximum absolute atomic E-state index is 13.5. The number of para-hydroxylation sites is 1. The molecule has 2 aliphatic heterocycles. The maximum Gasteiger partial charge on any atom is 0.150 e. The molecule has 0 radical (unpaired) electrons. The molecule has 0 amide bonds. The highest BCUT2D eigenvalue weighted by Crippen LogP contribution is 2.50. The van der Waals surface area contributed by atoms with Crippen LogP contribution in [0.4, 0.5) is 10.1 Å². The molecule has 3 aromatic rings. The summed E-state index contributed by atoms with van der Waals surface area (Å²) in [4.78, 5) is 0. The Morgan fingerprint density at radius 3 is 2.46 bits per heavy atom. The normalized spacial score (nSPS) is 18.7. The van der Waals surface area contributed by atoms with Crippen LogP contribution in [0.1, 0.15) is 43.6 Å². The highest BCUT2D eigenvalue weighted by atomic mass is 19.1. The van der Waals surface area contributed by atoms with Gasteiger partial charge in [-0.25, -0.2) is 4.39 Å². The van der Waals surface area contributed by atoms with Crippen LogP contribution in [-0.2, 0) is 0 Å². The summed E-state index contributed by atoms with van der Waals surface area (Å²) in [5.41, 5.74) is 7.76. The molecule has 28 heavy (non-hydrogen) atoms. The molecule has 0 fully saturated rings. The molecule has 140 valence electrons. The Morgan fingerprint density at radius 1 is 0.929 bits per heavy atom. The van der Waals surface area contributed by atoms with Gasteiger partial charge in [-0.3, -0.25) is 0 Å². The monoisotopic (exact) mass is 371 g/mol. The number of allylic oxidation sites excluding steroid dienone is 1. The van der Waals surface area contributed by atoms with Gasteiger partial charge in [0.2, 0.25) is 0 Å². The second kappa shape index (κ2) is 5.96. The number of rotatable bonds is 1. The van der Waals surface area contributed by atoms with Gasteiger partial charge in [0.25, 0.3) is 0 Å². The lowest BCUT2D eigenvalue weighted by Gasteiger charge is -2.37. The second-order valence-corrected chi connectivity index (χ2v) is 8.17. The van der Waals surface area contributed by atoms with Crippen molar-refractivity contribution in [2.75, 3.05) is 5.32 Å². The lowest BCUT2D eigenvalue weighted by molar-refractivity contribution is 0.243. The fourth-order valence-electron chi connectivity index (χ4n) is 4.50. The molecule has 0 aromatic heterocycles. The van der Waals surface area contributed by atoms with E-state index in [1.54, 1.807) is 0 Å². The molecule has 2 nitrogen and oxygen atoms in total. The second-order valence-electron chi connectivity index (χ2n) is 8.17.